The van der Waals surface area contributed by atoms with Gasteiger partial charge in [0.1, 0.15) is 0 Å². The molecule has 3 aromatic heterocycles. The lowest BCUT2D eigenvalue weighted by atomic mass is 9.76. The van der Waals surface area contributed by atoms with E-state index in [-0.39, 0.29) is 11.5 Å². The van der Waals surface area contributed by atoms with Crippen molar-refractivity contribution in [1.82, 2.24) is 14.1 Å². The normalized spacial score (nSPS) is 13.7. The highest BCUT2D eigenvalue weighted by molar-refractivity contribution is 6.10. The Bertz CT molecular complexity index is 3160. The molecule has 1 unspecified atom stereocenters. The second-order valence-electron chi connectivity index (χ2n) is 14.3. The van der Waals surface area contributed by atoms with E-state index in [2.05, 4.69) is 132 Å². The van der Waals surface area contributed by atoms with E-state index in [1.54, 1.807) is 4.57 Å². The van der Waals surface area contributed by atoms with Gasteiger partial charge in [0.25, 0.3) is 5.56 Å². The minimum atomic E-state index is -0.0360. The zero-order valence-corrected chi connectivity index (χ0v) is 29.4. The molecule has 3 heterocycles. The predicted molar refractivity (Wildman–Crippen MR) is 222 cm³/mol. The van der Waals surface area contributed by atoms with Gasteiger partial charge in [-0.3, -0.25) is 9.36 Å². The van der Waals surface area contributed by atoms with Crippen molar-refractivity contribution in [2.45, 2.75) is 12.3 Å². The lowest BCUT2D eigenvalue weighted by Crippen LogP contribution is -2.20. The van der Waals surface area contributed by atoms with Gasteiger partial charge in [-0.05, 0) is 107 Å². The fourth-order valence-corrected chi connectivity index (χ4v) is 8.81. The number of rotatable bonds is 4. The fraction of sp³-hybridized carbons (Fsp3) is 0.0400. The van der Waals surface area contributed by atoms with Crippen LogP contribution in [0.3, 0.4) is 0 Å². The third-order valence-electron chi connectivity index (χ3n) is 11.3. The zero-order valence-electron chi connectivity index (χ0n) is 29.4. The first-order valence-corrected chi connectivity index (χ1v) is 18.5. The Morgan fingerprint density at radius 2 is 1.07 bits per heavy atom. The van der Waals surface area contributed by atoms with Gasteiger partial charge < -0.3 is 4.57 Å². The lowest BCUT2D eigenvalue weighted by molar-refractivity contribution is 0.768. The first-order chi connectivity index (χ1) is 26.7. The molecule has 0 fully saturated rings. The van der Waals surface area contributed by atoms with Crippen LogP contribution in [0.1, 0.15) is 22.7 Å². The number of hydrogen-bond donors (Lipinski definition) is 0. The fourth-order valence-electron chi connectivity index (χ4n) is 8.81. The first-order valence-electron chi connectivity index (χ1n) is 18.5. The van der Waals surface area contributed by atoms with E-state index in [4.69, 9.17) is 4.98 Å². The molecule has 0 amide bonds. The standard InChI is InChI=1S/C50H33N3O/c54-50-41-21-10-9-20-40(41)49-48(53(50)36-16-5-2-6-17-36)28-26-45(51-49)43-31-34-13-7-8-18-37(34)42-29-32(23-25-38(42)43)33-24-27-47-44(30-33)39-19-11-12-22-46(39)52(47)35-14-3-1-4-15-35/h1-30,43H,31H2. The van der Waals surface area contributed by atoms with Crippen molar-refractivity contribution < 1.29 is 0 Å². The van der Waals surface area contributed by atoms with Crippen LogP contribution < -0.4 is 5.56 Å². The number of aromatic nitrogens is 3. The Morgan fingerprint density at radius 1 is 0.463 bits per heavy atom. The molecule has 10 aromatic rings. The van der Waals surface area contributed by atoms with Crippen LogP contribution in [0.4, 0.5) is 0 Å². The molecule has 0 bridgehead atoms. The Hall–Kier alpha value is -7.04. The average Bonchev–Trinajstić information content (AvgIpc) is 3.57. The molecule has 1 atom stereocenters. The third kappa shape index (κ3) is 4.63. The van der Waals surface area contributed by atoms with E-state index in [0.717, 1.165) is 39.9 Å². The van der Waals surface area contributed by atoms with Gasteiger partial charge in [0.2, 0.25) is 0 Å². The summed E-state index contributed by atoms with van der Waals surface area (Å²) >= 11 is 0. The number of benzene rings is 7. The maximum absolute atomic E-state index is 13.9. The molecular formula is C50H33N3O. The molecule has 1 aliphatic carbocycles. The van der Waals surface area contributed by atoms with E-state index in [1.165, 1.54) is 55.2 Å². The van der Waals surface area contributed by atoms with Crippen molar-refractivity contribution in [1.29, 1.82) is 0 Å². The molecule has 0 N–H and O–H groups in total. The van der Waals surface area contributed by atoms with Crippen LogP contribution in [-0.4, -0.2) is 14.1 Å². The van der Waals surface area contributed by atoms with Gasteiger partial charge in [-0.15, -0.1) is 0 Å². The van der Waals surface area contributed by atoms with Crippen LogP contribution >= 0.6 is 0 Å². The van der Waals surface area contributed by atoms with E-state index >= 15 is 0 Å². The summed E-state index contributed by atoms with van der Waals surface area (Å²) in [6, 6.07) is 63.9. The summed E-state index contributed by atoms with van der Waals surface area (Å²) in [6.45, 7) is 0. The first kappa shape index (κ1) is 30.6. The van der Waals surface area contributed by atoms with Crippen LogP contribution in [0.25, 0.3) is 77.2 Å². The highest BCUT2D eigenvalue weighted by Crippen LogP contribution is 2.45. The van der Waals surface area contributed by atoms with Crippen molar-refractivity contribution >= 4 is 43.6 Å². The molecule has 254 valence electrons. The summed E-state index contributed by atoms with van der Waals surface area (Å²) in [5, 5.41) is 4.03. The van der Waals surface area contributed by atoms with Gasteiger partial charge in [-0.1, -0.05) is 115 Å². The van der Waals surface area contributed by atoms with Gasteiger partial charge in [0.15, 0.2) is 0 Å². The number of fused-ring (bicyclic) bond motifs is 9. The van der Waals surface area contributed by atoms with Gasteiger partial charge >= 0.3 is 0 Å². The topological polar surface area (TPSA) is 39.8 Å². The van der Waals surface area contributed by atoms with Crippen LogP contribution in [0.5, 0.6) is 0 Å². The van der Waals surface area contributed by atoms with Crippen molar-refractivity contribution in [3.8, 4) is 33.6 Å². The minimum Gasteiger partial charge on any atom is -0.309 e. The monoisotopic (exact) mass is 691 g/mol. The smallest absolute Gasteiger partial charge is 0.263 e. The second-order valence-corrected chi connectivity index (χ2v) is 14.3. The summed E-state index contributed by atoms with van der Waals surface area (Å²) in [5.74, 6) is 0.0514. The Morgan fingerprint density at radius 3 is 1.89 bits per heavy atom. The molecular weight excluding hydrogens is 659 g/mol. The van der Waals surface area contributed by atoms with Gasteiger partial charge in [-0.2, -0.15) is 0 Å². The Kier molecular flexibility index (Phi) is 6.80. The van der Waals surface area contributed by atoms with Crippen molar-refractivity contribution in [2.24, 2.45) is 0 Å². The molecule has 54 heavy (non-hydrogen) atoms. The van der Waals surface area contributed by atoms with Crippen LogP contribution in [0.2, 0.25) is 0 Å². The third-order valence-corrected chi connectivity index (χ3v) is 11.3. The lowest BCUT2D eigenvalue weighted by Gasteiger charge is -2.28. The second kappa shape index (κ2) is 12.0. The largest absolute Gasteiger partial charge is 0.309 e. The molecule has 0 radical (unpaired) electrons. The van der Waals surface area contributed by atoms with E-state index < -0.39 is 0 Å². The quantitative estimate of drug-likeness (QED) is 0.172. The van der Waals surface area contributed by atoms with E-state index in [1.807, 2.05) is 54.6 Å². The molecule has 11 rings (SSSR count). The average molecular weight is 692 g/mol. The van der Waals surface area contributed by atoms with Gasteiger partial charge in [0, 0.05) is 44.5 Å². The molecule has 7 aromatic carbocycles. The van der Waals surface area contributed by atoms with Crippen LogP contribution in [0.15, 0.2) is 187 Å². The number of pyridine rings is 2. The summed E-state index contributed by atoms with van der Waals surface area (Å²) in [7, 11) is 0. The highest BCUT2D eigenvalue weighted by atomic mass is 16.1. The van der Waals surface area contributed by atoms with Crippen molar-refractivity contribution in [3.63, 3.8) is 0 Å². The SMILES string of the molecule is O=c1c2ccccc2c2nc(C3Cc4ccccc4-c4cc(-c5ccc6c(c5)c5ccccc5n6-c5ccccc5)ccc43)ccc2n1-c1ccccc1. The number of nitrogens with zero attached hydrogens (tertiary/aromatic N) is 3. The molecule has 0 saturated carbocycles. The number of hydrogen-bond acceptors (Lipinski definition) is 2. The maximum atomic E-state index is 13.9. The molecule has 0 saturated heterocycles. The zero-order chi connectivity index (χ0) is 35.8. The maximum Gasteiger partial charge on any atom is 0.263 e. The highest BCUT2D eigenvalue weighted by Gasteiger charge is 2.28. The van der Waals surface area contributed by atoms with Crippen LogP contribution in [0, 0.1) is 0 Å². The Labute approximate surface area is 311 Å². The summed E-state index contributed by atoms with van der Waals surface area (Å²) < 4.78 is 4.17. The van der Waals surface area contributed by atoms with Crippen molar-refractivity contribution in [3.05, 3.63) is 209 Å². The van der Waals surface area contributed by atoms with E-state index in [9.17, 15) is 4.79 Å². The summed E-state index contributed by atoms with van der Waals surface area (Å²) in [4.78, 5) is 19.4. The molecule has 1 aliphatic rings. The minimum absolute atomic E-state index is 0.0360. The van der Waals surface area contributed by atoms with Crippen LogP contribution in [-0.2, 0) is 6.42 Å². The molecule has 0 spiro atoms. The molecule has 0 aliphatic heterocycles. The van der Waals surface area contributed by atoms with Gasteiger partial charge in [0.05, 0.1) is 22.1 Å². The van der Waals surface area contributed by atoms with E-state index in [0.29, 0.717) is 5.39 Å². The van der Waals surface area contributed by atoms with Crippen molar-refractivity contribution in [2.75, 3.05) is 0 Å². The number of para-hydroxylation sites is 3. The molecule has 4 heteroatoms. The summed E-state index contributed by atoms with van der Waals surface area (Å²) in [5.41, 5.74) is 14.5. The Balaban J connectivity index is 1.08. The summed E-state index contributed by atoms with van der Waals surface area (Å²) in [6.07, 6.45) is 0.849. The predicted octanol–water partition coefficient (Wildman–Crippen LogP) is 11.7. The molecule has 4 nitrogen and oxygen atoms in total. The van der Waals surface area contributed by atoms with Gasteiger partial charge in [-0.25, -0.2) is 4.98 Å².